The summed E-state index contributed by atoms with van der Waals surface area (Å²) in [6, 6.07) is 0.490. The minimum absolute atomic E-state index is 0.272. The molecule has 0 aromatic rings. The van der Waals surface area contributed by atoms with Crippen molar-refractivity contribution in [1.82, 2.24) is 5.32 Å². The molecule has 0 rings (SSSR count). The van der Waals surface area contributed by atoms with Gasteiger partial charge in [-0.15, -0.1) is 0 Å². The monoisotopic (exact) mass is 207 g/mol. The lowest BCUT2D eigenvalue weighted by Gasteiger charge is -2.08. The van der Waals surface area contributed by atoms with E-state index in [0.29, 0.717) is 11.8 Å². The number of sulfone groups is 1. The zero-order valence-corrected chi connectivity index (χ0v) is 9.65. The summed E-state index contributed by atoms with van der Waals surface area (Å²) in [6.07, 6.45) is 2.83. The summed E-state index contributed by atoms with van der Waals surface area (Å²) in [7, 11) is -0.821. The second-order valence-corrected chi connectivity index (χ2v) is 5.89. The first-order valence-corrected chi connectivity index (χ1v) is 6.71. The third kappa shape index (κ3) is 7.02. The second kappa shape index (κ2) is 6.38. The summed E-state index contributed by atoms with van der Waals surface area (Å²) >= 11 is 0. The van der Waals surface area contributed by atoms with Crippen LogP contribution >= 0.6 is 0 Å². The van der Waals surface area contributed by atoms with Crippen LogP contribution in [0.4, 0.5) is 0 Å². The maximum absolute atomic E-state index is 11.1. The van der Waals surface area contributed by atoms with E-state index in [9.17, 15) is 8.42 Å². The average molecular weight is 207 g/mol. The number of hydrogen-bond donors (Lipinski definition) is 1. The highest BCUT2D eigenvalue weighted by atomic mass is 32.2. The quantitative estimate of drug-likeness (QED) is 0.638. The zero-order chi connectivity index (χ0) is 10.3. The Kier molecular flexibility index (Phi) is 6.33. The van der Waals surface area contributed by atoms with Crippen molar-refractivity contribution in [3.8, 4) is 0 Å². The molecule has 0 aromatic heterocycles. The molecule has 4 heteroatoms. The molecule has 0 aliphatic rings. The smallest absolute Gasteiger partial charge is 0.150 e. The molecule has 1 N–H and O–H groups in total. The van der Waals surface area contributed by atoms with Crippen molar-refractivity contribution in [3.63, 3.8) is 0 Å². The third-order valence-corrected chi connectivity index (χ3v) is 4.07. The fourth-order valence-electron chi connectivity index (χ4n) is 1.06. The molecule has 0 saturated carbocycles. The fraction of sp³-hybridized carbons (Fsp3) is 1.00. The largest absolute Gasteiger partial charge is 0.317 e. The van der Waals surface area contributed by atoms with Gasteiger partial charge in [-0.1, -0.05) is 13.3 Å². The van der Waals surface area contributed by atoms with Crippen LogP contribution in [0.3, 0.4) is 0 Å². The Morgan fingerprint density at radius 3 is 2.38 bits per heavy atom. The Balaban J connectivity index is 3.47. The van der Waals surface area contributed by atoms with Gasteiger partial charge in [0.1, 0.15) is 9.84 Å². The molecule has 0 amide bonds. The van der Waals surface area contributed by atoms with Gasteiger partial charge in [0.15, 0.2) is 0 Å². The van der Waals surface area contributed by atoms with Gasteiger partial charge in [0, 0.05) is 11.8 Å². The van der Waals surface area contributed by atoms with Gasteiger partial charge in [-0.2, -0.15) is 0 Å². The van der Waals surface area contributed by atoms with Crippen molar-refractivity contribution in [2.45, 2.75) is 39.2 Å². The van der Waals surface area contributed by atoms with Crippen molar-refractivity contribution < 1.29 is 8.42 Å². The highest BCUT2D eigenvalue weighted by Gasteiger charge is 2.06. The number of nitrogens with one attached hydrogen (secondary N) is 1. The molecule has 0 aromatic carbocycles. The van der Waals surface area contributed by atoms with E-state index in [1.165, 1.54) is 0 Å². The van der Waals surface area contributed by atoms with Gasteiger partial charge in [0.2, 0.25) is 0 Å². The van der Waals surface area contributed by atoms with Gasteiger partial charge in [0.25, 0.3) is 0 Å². The van der Waals surface area contributed by atoms with Gasteiger partial charge < -0.3 is 5.32 Å². The van der Waals surface area contributed by atoms with Gasteiger partial charge in [-0.05, 0) is 26.8 Å². The Morgan fingerprint density at radius 1 is 1.31 bits per heavy atom. The SMILES string of the molecule is CCS(=O)(=O)CCCCC(C)NC. The molecule has 0 aliphatic carbocycles. The molecule has 1 atom stereocenters. The van der Waals surface area contributed by atoms with Crippen molar-refractivity contribution in [1.29, 1.82) is 0 Å². The minimum atomic E-state index is -2.74. The van der Waals surface area contributed by atoms with Crippen LogP contribution in [0.5, 0.6) is 0 Å². The first-order chi connectivity index (χ1) is 6.02. The summed E-state index contributed by atoms with van der Waals surface area (Å²) in [5.41, 5.74) is 0. The van der Waals surface area contributed by atoms with Crippen LogP contribution in [0, 0.1) is 0 Å². The van der Waals surface area contributed by atoms with Crippen LogP contribution in [0.15, 0.2) is 0 Å². The van der Waals surface area contributed by atoms with Crippen LogP contribution in [-0.4, -0.2) is 33.0 Å². The Hall–Kier alpha value is -0.0900. The Bertz CT molecular complexity index is 212. The van der Waals surface area contributed by atoms with E-state index in [4.69, 9.17) is 0 Å². The number of unbranched alkanes of at least 4 members (excludes halogenated alkanes) is 1. The van der Waals surface area contributed by atoms with Crippen LogP contribution in [0.25, 0.3) is 0 Å². The van der Waals surface area contributed by atoms with E-state index in [-0.39, 0.29) is 5.75 Å². The Morgan fingerprint density at radius 2 is 1.92 bits per heavy atom. The molecule has 0 fully saturated rings. The van der Waals surface area contributed by atoms with E-state index in [0.717, 1.165) is 19.3 Å². The van der Waals surface area contributed by atoms with E-state index in [2.05, 4.69) is 12.2 Å². The van der Waals surface area contributed by atoms with E-state index < -0.39 is 9.84 Å². The molecule has 1 unspecified atom stereocenters. The summed E-state index contributed by atoms with van der Waals surface area (Å²) in [4.78, 5) is 0. The van der Waals surface area contributed by atoms with Crippen molar-refractivity contribution in [3.05, 3.63) is 0 Å². The minimum Gasteiger partial charge on any atom is -0.317 e. The normalized spacial score (nSPS) is 14.4. The number of hydrogen-bond acceptors (Lipinski definition) is 3. The molecule has 13 heavy (non-hydrogen) atoms. The average Bonchev–Trinajstić information content (AvgIpc) is 2.12. The molecule has 0 aliphatic heterocycles. The van der Waals surface area contributed by atoms with Crippen LogP contribution < -0.4 is 5.32 Å². The third-order valence-electron chi connectivity index (χ3n) is 2.28. The van der Waals surface area contributed by atoms with Crippen LogP contribution in [0.1, 0.15) is 33.1 Å². The van der Waals surface area contributed by atoms with Crippen LogP contribution in [0.2, 0.25) is 0 Å². The zero-order valence-electron chi connectivity index (χ0n) is 8.84. The highest BCUT2D eigenvalue weighted by molar-refractivity contribution is 7.91. The lowest BCUT2D eigenvalue weighted by molar-refractivity contribution is 0.533. The standard InChI is InChI=1S/C9H21NO2S/c1-4-13(11,12)8-6-5-7-9(2)10-3/h9-10H,4-8H2,1-3H3. The summed E-state index contributed by atoms with van der Waals surface area (Å²) in [5.74, 6) is 0.620. The summed E-state index contributed by atoms with van der Waals surface area (Å²) in [6.45, 7) is 3.81. The maximum atomic E-state index is 11.1. The predicted octanol–water partition coefficient (Wildman–Crippen LogP) is 1.20. The lowest BCUT2D eigenvalue weighted by Crippen LogP contribution is -2.21. The van der Waals surface area contributed by atoms with Crippen LogP contribution in [-0.2, 0) is 9.84 Å². The first kappa shape index (κ1) is 12.9. The fourth-order valence-corrected chi connectivity index (χ4v) is 1.99. The summed E-state index contributed by atoms with van der Waals surface area (Å²) < 4.78 is 22.2. The first-order valence-electron chi connectivity index (χ1n) is 4.89. The van der Waals surface area contributed by atoms with E-state index >= 15 is 0 Å². The number of rotatable bonds is 7. The molecule has 3 nitrogen and oxygen atoms in total. The second-order valence-electron chi connectivity index (χ2n) is 3.42. The van der Waals surface area contributed by atoms with E-state index in [1.807, 2.05) is 7.05 Å². The molecular formula is C9H21NO2S. The van der Waals surface area contributed by atoms with Gasteiger partial charge in [-0.25, -0.2) is 8.42 Å². The highest BCUT2D eigenvalue weighted by Crippen LogP contribution is 2.03. The Labute approximate surface area is 81.8 Å². The van der Waals surface area contributed by atoms with Gasteiger partial charge >= 0.3 is 0 Å². The molecule has 0 radical (unpaired) electrons. The van der Waals surface area contributed by atoms with Crippen molar-refractivity contribution in [2.75, 3.05) is 18.6 Å². The molecule has 80 valence electrons. The predicted molar refractivity (Wildman–Crippen MR) is 56.7 cm³/mol. The van der Waals surface area contributed by atoms with E-state index in [1.54, 1.807) is 6.92 Å². The lowest BCUT2D eigenvalue weighted by atomic mass is 10.1. The van der Waals surface area contributed by atoms with Crippen molar-refractivity contribution >= 4 is 9.84 Å². The molecule has 0 bridgehead atoms. The molecule has 0 heterocycles. The van der Waals surface area contributed by atoms with Gasteiger partial charge in [-0.3, -0.25) is 0 Å². The van der Waals surface area contributed by atoms with Crippen molar-refractivity contribution in [2.24, 2.45) is 0 Å². The molecule has 0 spiro atoms. The maximum Gasteiger partial charge on any atom is 0.150 e. The topological polar surface area (TPSA) is 46.2 Å². The summed E-state index contributed by atoms with van der Waals surface area (Å²) in [5, 5.41) is 3.13. The molecule has 0 saturated heterocycles. The van der Waals surface area contributed by atoms with Gasteiger partial charge in [0.05, 0.1) is 5.75 Å². The molecular weight excluding hydrogens is 186 g/mol.